The number of hydrogen-bond acceptors (Lipinski definition) is 2. The van der Waals surface area contributed by atoms with E-state index < -0.39 is 0 Å². The SMILES string of the molecule is C=CC(=O)N(CC)CC(=O)N1CC(C)(C)c2ccc(Br)cc21. The number of benzene rings is 1. The first-order chi connectivity index (χ1) is 10.3. The molecule has 2 amide bonds. The lowest BCUT2D eigenvalue weighted by molar-refractivity contribution is -0.131. The summed E-state index contributed by atoms with van der Waals surface area (Å²) in [5.41, 5.74) is 1.99. The number of amides is 2. The molecule has 4 nitrogen and oxygen atoms in total. The highest BCUT2D eigenvalue weighted by Gasteiger charge is 2.38. The molecular formula is C17H21BrN2O2. The predicted octanol–water partition coefficient (Wildman–Crippen LogP) is 3.11. The highest BCUT2D eigenvalue weighted by Crippen LogP contribution is 2.41. The molecule has 118 valence electrons. The molecule has 22 heavy (non-hydrogen) atoms. The van der Waals surface area contributed by atoms with E-state index in [1.54, 1.807) is 4.90 Å². The van der Waals surface area contributed by atoms with Crippen molar-refractivity contribution >= 4 is 33.4 Å². The lowest BCUT2D eigenvalue weighted by Gasteiger charge is -2.25. The van der Waals surface area contributed by atoms with Gasteiger partial charge in [-0.05, 0) is 30.7 Å². The topological polar surface area (TPSA) is 40.6 Å². The third-order valence-electron chi connectivity index (χ3n) is 4.03. The van der Waals surface area contributed by atoms with Gasteiger partial charge >= 0.3 is 0 Å². The van der Waals surface area contributed by atoms with Crippen molar-refractivity contribution < 1.29 is 9.59 Å². The lowest BCUT2D eigenvalue weighted by Crippen LogP contribution is -2.43. The molecule has 1 aliphatic rings. The largest absolute Gasteiger partial charge is 0.330 e. The van der Waals surface area contributed by atoms with E-state index in [-0.39, 0.29) is 23.8 Å². The van der Waals surface area contributed by atoms with E-state index >= 15 is 0 Å². The molecule has 0 fully saturated rings. The molecule has 1 heterocycles. The van der Waals surface area contributed by atoms with E-state index in [1.165, 1.54) is 11.0 Å². The van der Waals surface area contributed by atoms with Gasteiger partial charge in [0, 0.05) is 28.7 Å². The minimum Gasteiger partial charge on any atom is -0.330 e. The maximum atomic E-state index is 12.7. The number of rotatable bonds is 4. The Labute approximate surface area is 139 Å². The number of hydrogen-bond donors (Lipinski definition) is 0. The Morgan fingerprint density at radius 1 is 1.45 bits per heavy atom. The zero-order chi connectivity index (χ0) is 16.5. The number of fused-ring (bicyclic) bond motifs is 1. The van der Waals surface area contributed by atoms with Gasteiger partial charge in [-0.15, -0.1) is 0 Å². The van der Waals surface area contributed by atoms with Crippen molar-refractivity contribution in [1.29, 1.82) is 0 Å². The number of nitrogens with zero attached hydrogens (tertiary/aromatic N) is 2. The maximum absolute atomic E-state index is 12.7. The zero-order valence-electron chi connectivity index (χ0n) is 13.2. The average molecular weight is 365 g/mol. The van der Waals surface area contributed by atoms with Crippen LogP contribution in [0.25, 0.3) is 0 Å². The first kappa shape index (κ1) is 16.7. The number of carbonyl (C=O) groups excluding carboxylic acids is 2. The smallest absolute Gasteiger partial charge is 0.246 e. The van der Waals surface area contributed by atoms with Crippen molar-refractivity contribution in [3.05, 3.63) is 40.9 Å². The summed E-state index contributed by atoms with van der Waals surface area (Å²) in [5, 5.41) is 0. The quantitative estimate of drug-likeness (QED) is 0.770. The third kappa shape index (κ3) is 3.09. The first-order valence-electron chi connectivity index (χ1n) is 7.32. The van der Waals surface area contributed by atoms with Gasteiger partial charge in [0.1, 0.15) is 6.54 Å². The summed E-state index contributed by atoms with van der Waals surface area (Å²) in [6, 6.07) is 6.01. The fourth-order valence-corrected chi connectivity index (χ4v) is 3.16. The summed E-state index contributed by atoms with van der Waals surface area (Å²) in [6.07, 6.45) is 1.25. The standard InChI is InChI=1S/C17H21BrN2O2/c1-5-15(21)19(6-2)10-16(22)20-11-17(3,4)13-8-7-12(18)9-14(13)20/h5,7-9H,1,6,10-11H2,2-4H3. The number of anilines is 1. The fraction of sp³-hybridized carbons (Fsp3) is 0.412. The van der Waals surface area contributed by atoms with Crippen molar-refractivity contribution in [1.82, 2.24) is 4.90 Å². The molecule has 1 aliphatic heterocycles. The van der Waals surface area contributed by atoms with Gasteiger partial charge in [-0.2, -0.15) is 0 Å². The number of halogens is 1. The summed E-state index contributed by atoms with van der Waals surface area (Å²) in [5.74, 6) is -0.286. The minimum atomic E-state index is -0.219. The molecule has 0 aromatic heterocycles. The molecular weight excluding hydrogens is 344 g/mol. The Morgan fingerprint density at radius 2 is 2.14 bits per heavy atom. The summed E-state index contributed by atoms with van der Waals surface area (Å²) >= 11 is 3.46. The van der Waals surface area contributed by atoms with E-state index in [0.717, 1.165) is 15.7 Å². The van der Waals surface area contributed by atoms with Gasteiger partial charge in [0.2, 0.25) is 11.8 Å². The Hall–Kier alpha value is -1.62. The molecule has 0 spiro atoms. The molecule has 1 aromatic carbocycles. The van der Waals surface area contributed by atoms with Crippen LogP contribution in [0.2, 0.25) is 0 Å². The Balaban J connectivity index is 2.27. The van der Waals surface area contributed by atoms with Gasteiger partial charge < -0.3 is 9.80 Å². The number of likely N-dealkylation sites (N-methyl/N-ethyl adjacent to an activating group) is 1. The van der Waals surface area contributed by atoms with Crippen LogP contribution < -0.4 is 4.90 Å². The van der Waals surface area contributed by atoms with Crippen LogP contribution in [0.3, 0.4) is 0 Å². The van der Waals surface area contributed by atoms with Crippen molar-refractivity contribution in [2.24, 2.45) is 0 Å². The van der Waals surface area contributed by atoms with Gasteiger partial charge in [0.05, 0.1) is 0 Å². The second kappa shape index (κ2) is 6.24. The maximum Gasteiger partial charge on any atom is 0.246 e. The molecule has 0 bridgehead atoms. The van der Waals surface area contributed by atoms with Gasteiger partial charge in [-0.1, -0.05) is 42.4 Å². The summed E-state index contributed by atoms with van der Waals surface area (Å²) in [7, 11) is 0. The monoisotopic (exact) mass is 364 g/mol. The molecule has 0 saturated heterocycles. The van der Waals surface area contributed by atoms with Crippen LogP contribution >= 0.6 is 15.9 Å². The molecule has 0 radical (unpaired) electrons. The van der Waals surface area contributed by atoms with Crippen LogP contribution in [-0.4, -0.2) is 36.3 Å². The van der Waals surface area contributed by atoms with E-state index in [1.807, 2.05) is 19.1 Å². The van der Waals surface area contributed by atoms with Crippen LogP contribution in [0.5, 0.6) is 0 Å². The van der Waals surface area contributed by atoms with E-state index in [9.17, 15) is 9.59 Å². The molecule has 0 unspecified atom stereocenters. The lowest BCUT2D eigenvalue weighted by atomic mass is 9.87. The van der Waals surface area contributed by atoms with Crippen LogP contribution in [0, 0.1) is 0 Å². The van der Waals surface area contributed by atoms with Crippen LogP contribution in [0.1, 0.15) is 26.3 Å². The van der Waals surface area contributed by atoms with Crippen LogP contribution in [0.15, 0.2) is 35.3 Å². The van der Waals surface area contributed by atoms with Crippen molar-refractivity contribution in [2.75, 3.05) is 24.5 Å². The Bertz CT molecular complexity index is 625. The normalized spacial score (nSPS) is 15.4. The van der Waals surface area contributed by atoms with E-state index in [2.05, 4.69) is 42.4 Å². The summed E-state index contributed by atoms with van der Waals surface area (Å²) in [4.78, 5) is 27.7. The highest BCUT2D eigenvalue weighted by atomic mass is 79.9. The van der Waals surface area contributed by atoms with Crippen molar-refractivity contribution in [3.8, 4) is 0 Å². The molecule has 0 atom stereocenters. The highest BCUT2D eigenvalue weighted by molar-refractivity contribution is 9.10. The van der Waals surface area contributed by atoms with Gasteiger partial charge in [-0.25, -0.2) is 0 Å². The first-order valence-corrected chi connectivity index (χ1v) is 8.11. The zero-order valence-corrected chi connectivity index (χ0v) is 14.8. The van der Waals surface area contributed by atoms with Crippen LogP contribution in [0.4, 0.5) is 5.69 Å². The summed E-state index contributed by atoms with van der Waals surface area (Å²) < 4.78 is 0.941. The third-order valence-corrected chi connectivity index (χ3v) is 4.52. The molecule has 0 N–H and O–H groups in total. The van der Waals surface area contributed by atoms with Gasteiger partial charge in [0.15, 0.2) is 0 Å². The minimum absolute atomic E-state index is 0.0676. The Kier molecular flexibility index (Phi) is 4.75. The van der Waals surface area contributed by atoms with Crippen molar-refractivity contribution in [3.63, 3.8) is 0 Å². The fourth-order valence-electron chi connectivity index (χ4n) is 2.81. The van der Waals surface area contributed by atoms with E-state index in [0.29, 0.717) is 13.1 Å². The summed E-state index contributed by atoms with van der Waals surface area (Å²) in [6.45, 7) is 10.8. The van der Waals surface area contributed by atoms with Crippen molar-refractivity contribution in [2.45, 2.75) is 26.2 Å². The second-order valence-corrected chi connectivity index (χ2v) is 7.00. The second-order valence-electron chi connectivity index (χ2n) is 6.08. The van der Waals surface area contributed by atoms with Gasteiger partial charge in [0.25, 0.3) is 0 Å². The van der Waals surface area contributed by atoms with Crippen LogP contribution in [-0.2, 0) is 15.0 Å². The van der Waals surface area contributed by atoms with E-state index in [4.69, 9.17) is 0 Å². The Morgan fingerprint density at radius 3 is 2.73 bits per heavy atom. The molecule has 2 rings (SSSR count). The predicted molar refractivity (Wildman–Crippen MR) is 92.0 cm³/mol. The molecule has 0 saturated carbocycles. The molecule has 0 aliphatic carbocycles. The molecule has 1 aromatic rings. The number of carbonyl (C=O) groups is 2. The van der Waals surface area contributed by atoms with Gasteiger partial charge in [-0.3, -0.25) is 9.59 Å². The average Bonchev–Trinajstić information content (AvgIpc) is 2.74. The molecule has 5 heteroatoms.